The highest BCUT2D eigenvalue weighted by atomic mass is 16.5. The highest BCUT2D eigenvalue weighted by Crippen LogP contribution is 2.27. The third-order valence-corrected chi connectivity index (χ3v) is 5.25. The maximum atomic E-state index is 12.4. The van der Waals surface area contributed by atoms with Gasteiger partial charge < -0.3 is 20.2 Å². The Kier molecular flexibility index (Phi) is 9.62. The number of nitrogens with one attached hydrogen (secondary N) is 3. The Labute approximate surface area is 191 Å². The molecule has 3 amide bonds. The molecule has 0 saturated carbocycles. The van der Waals surface area contributed by atoms with Gasteiger partial charge in [0, 0.05) is 17.9 Å². The van der Waals surface area contributed by atoms with Crippen LogP contribution in [0.1, 0.15) is 65.5 Å². The van der Waals surface area contributed by atoms with E-state index in [0.717, 1.165) is 19.3 Å². The smallest absolute Gasteiger partial charge is 0.335 e. The number of unbranched alkanes of at least 4 members (excludes halogenated alkanes) is 2. The largest absolute Gasteiger partial charge is 0.478 e. The molecular weight excluding hydrogens is 430 g/mol. The minimum atomic E-state index is -1.06. The molecule has 10 nitrogen and oxygen atoms in total. The predicted molar refractivity (Wildman–Crippen MR) is 118 cm³/mol. The van der Waals surface area contributed by atoms with Gasteiger partial charge >= 0.3 is 5.97 Å². The normalized spacial score (nSPS) is 11.5. The second kappa shape index (κ2) is 12.4. The molecule has 0 radical (unpaired) electrons. The maximum Gasteiger partial charge on any atom is 0.335 e. The number of amides is 3. The van der Waals surface area contributed by atoms with Gasteiger partial charge in [0.05, 0.1) is 12.2 Å². The lowest BCUT2D eigenvalue weighted by molar-refractivity contribution is -0.135. The molecule has 1 aromatic carbocycles. The number of hydrogen-bond acceptors (Lipinski definition) is 6. The molecule has 0 aliphatic heterocycles. The fourth-order valence-corrected chi connectivity index (χ4v) is 3.42. The van der Waals surface area contributed by atoms with Crippen molar-refractivity contribution in [2.75, 3.05) is 6.67 Å². The Hall–Kier alpha value is -3.66. The van der Waals surface area contributed by atoms with Gasteiger partial charge in [-0.15, -0.1) is 0 Å². The quantitative estimate of drug-likeness (QED) is 0.141. The van der Waals surface area contributed by atoms with Crippen LogP contribution in [0.5, 0.6) is 0 Å². The van der Waals surface area contributed by atoms with E-state index in [4.69, 9.17) is 9.62 Å². The number of carbonyl (C=O) groups is 4. The molecule has 0 aliphatic carbocycles. The topological polar surface area (TPSA) is 158 Å². The van der Waals surface area contributed by atoms with E-state index in [0.29, 0.717) is 23.3 Å². The zero-order valence-corrected chi connectivity index (χ0v) is 18.6. The van der Waals surface area contributed by atoms with E-state index in [1.54, 1.807) is 25.1 Å². The summed E-state index contributed by atoms with van der Waals surface area (Å²) in [5.41, 5.74) is 2.74. The van der Waals surface area contributed by atoms with Crippen molar-refractivity contribution in [2.24, 2.45) is 5.92 Å². The van der Waals surface area contributed by atoms with Crippen molar-refractivity contribution in [3.63, 3.8) is 0 Å². The van der Waals surface area contributed by atoms with Gasteiger partial charge in [0.25, 0.3) is 5.91 Å². The van der Waals surface area contributed by atoms with Crippen molar-refractivity contribution in [1.82, 2.24) is 16.1 Å². The van der Waals surface area contributed by atoms with Crippen LogP contribution in [0.2, 0.25) is 0 Å². The summed E-state index contributed by atoms with van der Waals surface area (Å²) in [7, 11) is 0. The van der Waals surface area contributed by atoms with Crippen molar-refractivity contribution < 1.29 is 33.9 Å². The number of carboxylic acid groups (broad SMARTS) is 1. The third-order valence-electron chi connectivity index (χ3n) is 5.25. The molecule has 0 fully saturated rings. The standard InChI is InChI=1S/C23H29N3O7/c1-3-4-5-7-15(12-20(27)26-32)21(28)24-13-25-22(29)19-11-10-18(33-19)16-8-6-9-17(14(16)2)23(30)31/h6,8-11,15,32H,3-5,7,12-13H2,1-2H3,(H,24,28)(H,25,29)(H,26,27)(H,30,31)/t15-/m1/s1. The first-order valence-corrected chi connectivity index (χ1v) is 10.7. The van der Waals surface area contributed by atoms with Gasteiger partial charge in [0.15, 0.2) is 5.76 Å². The highest BCUT2D eigenvalue weighted by Gasteiger charge is 2.22. The number of benzene rings is 1. The predicted octanol–water partition coefficient (Wildman–Crippen LogP) is 2.85. The summed E-state index contributed by atoms with van der Waals surface area (Å²) in [6.45, 7) is 3.51. The second-order valence-corrected chi connectivity index (χ2v) is 7.60. The van der Waals surface area contributed by atoms with Crippen molar-refractivity contribution in [2.45, 2.75) is 46.0 Å². The third kappa shape index (κ3) is 7.18. The van der Waals surface area contributed by atoms with Gasteiger partial charge in [0.2, 0.25) is 11.8 Å². The summed E-state index contributed by atoms with van der Waals surface area (Å²) in [4.78, 5) is 47.6. The van der Waals surface area contributed by atoms with Crippen LogP contribution < -0.4 is 16.1 Å². The Balaban J connectivity index is 1.96. The van der Waals surface area contributed by atoms with E-state index in [9.17, 15) is 24.3 Å². The summed E-state index contributed by atoms with van der Waals surface area (Å²) in [5, 5.41) is 23.1. The van der Waals surface area contributed by atoms with Crippen LogP contribution in [0, 0.1) is 12.8 Å². The summed E-state index contributed by atoms with van der Waals surface area (Å²) >= 11 is 0. The summed E-state index contributed by atoms with van der Waals surface area (Å²) in [5.74, 6) is -2.96. The van der Waals surface area contributed by atoms with Crippen LogP contribution in [0.3, 0.4) is 0 Å². The molecule has 0 unspecified atom stereocenters. The lowest BCUT2D eigenvalue weighted by Crippen LogP contribution is -2.41. The number of rotatable bonds is 12. The van der Waals surface area contributed by atoms with Gasteiger partial charge in [-0.3, -0.25) is 19.6 Å². The first-order valence-electron chi connectivity index (χ1n) is 10.7. The Morgan fingerprint density at radius 3 is 2.48 bits per heavy atom. The summed E-state index contributed by atoms with van der Waals surface area (Å²) in [6, 6.07) is 7.80. The van der Waals surface area contributed by atoms with Gasteiger partial charge in [-0.1, -0.05) is 38.3 Å². The van der Waals surface area contributed by atoms with Gasteiger partial charge in [-0.25, -0.2) is 10.3 Å². The molecule has 0 saturated heterocycles. The average molecular weight is 459 g/mol. The lowest BCUT2D eigenvalue weighted by atomic mass is 9.96. The number of hydroxylamine groups is 1. The minimum Gasteiger partial charge on any atom is -0.478 e. The minimum absolute atomic E-state index is 0.00136. The molecular formula is C23H29N3O7. The highest BCUT2D eigenvalue weighted by molar-refractivity contribution is 5.94. The number of aromatic carboxylic acids is 1. The molecule has 2 aromatic rings. The van der Waals surface area contributed by atoms with Crippen molar-refractivity contribution in [3.8, 4) is 11.3 Å². The molecule has 1 atom stereocenters. The molecule has 0 aliphatic rings. The molecule has 2 rings (SSSR count). The number of hydrogen-bond donors (Lipinski definition) is 5. The molecule has 0 bridgehead atoms. The SMILES string of the molecule is CCCCC[C@H](CC(=O)NO)C(=O)NCNC(=O)c1ccc(-c2cccc(C(=O)O)c2C)o1. The number of furan rings is 1. The van der Waals surface area contributed by atoms with Crippen LogP contribution in [-0.2, 0) is 9.59 Å². The van der Waals surface area contributed by atoms with E-state index in [2.05, 4.69) is 10.6 Å². The molecule has 1 aromatic heterocycles. The lowest BCUT2D eigenvalue weighted by Gasteiger charge is -2.16. The fraction of sp³-hybridized carbons (Fsp3) is 0.391. The number of carbonyl (C=O) groups excluding carboxylic acids is 3. The Bertz CT molecular complexity index is 1000. The zero-order valence-electron chi connectivity index (χ0n) is 18.6. The van der Waals surface area contributed by atoms with Crippen LogP contribution in [-0.4, -0.2) is 40.7 Å². The van der Waals surface area contributed by atoms with E-state index in [-0.39, 0.29) is 24.4 Å². The Morgan fingerprint density at radius 2 is 1.82 bits per heavy atom. The molecule has 5 N–H and O–H groups in total. The van der Waals surface area contributed by atoms with Crippen LogP contribution in [0.25, 0.3) is 11.3 Å². The first kappa shape index (κ1) is 25.6. The summed E-state index contributed by atoms with van der Waals surface area (Å²) in [6.07, 6.45) is 2.96. The first-order chi connectivity index (χ1) is 15.8. The van der Waals surface area contributed by atoms with Crippen LogP contribution in [0.15, 0.2) is 34.7 Å². The summed E-state index contributed by atoms with van der Waals surface area (Å²) < 4.78 is 5.59. The van der Waals surface area contributed by atoms with E-state index < -0.39 is 29.6 Å². The molecule has 0 spiro atoms. The molecule has 1 heterocycles. The van der Waals surface area contributed by atoms with Gasteiger partial charge in [-0.05, 0) is 37.1 Å². The average Bonchev–Trinajstić information content (AvgIpc) is 3.28. The zero-order chi connectivity index (χ0) is 24.4. The van der Waals surface area contributed by atoms with Crippen LogP contribution >= 0.6 is 0 Å². The Morgan fingerprint density at radius 1 is 1.06 bits per heavy atom. The van der Waals surface area contributed by atoms with Gasteiger partial charge in [-0.2, -0.15) is 0 Å². The van der Waals surface area contributed by atoms with Gasteiger partial charge in [0.1, 0.15) is 5.76 Å². The fourth-order valence-electron chi connectivity index (χ4n) is 3.42. The van der Waals surface area contributed by atoms with E-state index >= 15 is 0 Å². The molecule has 178 valence electrons. The number of carboxylic acids is 1. The van der Waals surface area contributed by atoms with Crippen LogP contribution in [0.4, 0.5) is 0 Å². The van der Waals surface area contributed by atoms with E-state index in [1.807, 2.05) is 6.92 Å². The maximum absolute atomic E-state index is 12.4. The van der Waals surface area contributed by atoms with E-state index in [1.165, 1.54) is 17.6 Å². The second-order valence-electron chi connectivity index (χ2n) is 7.60. The molecule has 33 heavy (non-hydrogen) atoms. The van der Waals surface area contributed by atoms with Crippen molar-refractivity contribution >= 4 is 23.7 Å². The van der Waals surface area contributed by atoms with Crippen molar-refractivity contribution in [3.05, 3.63) is 47.2 Å². The monoisotopic (exact) mass is 459 g/mol. The molecule has 10 heteroatoms. The van der Waals surface area contributed by atoms with Crippen molar-refractivity contribution in [1.29, 1.82) is 0 Å².